The van der Waals surface area contributed by atoms with Crippen molar-refractivity contribution >= 4 is 55.4 Å². The highest BCUT2D eigenvalue weighted by atomic mass is 32.1. The van der Waals surface area contributed by atoms with E-state index in [1.807, 2.05) is 12.1 Å². The lowest BCUT2D eigenvalue weighted by atomic mass is 9.66. The summed E-state index contributed by atoms with van der Waals surface area (Å²) in [5, 5.41) is 25.1. The van der Waals surface area contributed by atoms with E-state index in [0.29, 0.717) is 11.8 Å². The molecule has 0 bridgehead atoms. The third kappa shape index (κ3) is 4.13. The number of benzene rings is 4. The smallest absolute Gasteiger partial charge is 0.226 e. The third-order valence-corrected chi connectivity index (χ3v) is 13.3. The normalized spacial score (nSPS) is 16.1. The minimum atomic E-state index is -0.367. The monoisotopic (exact) mass is 690 g/mol. The van der Waals surface area contributed by atoms with Gasteiger partial charge in [-0.05, 0) is 104 Å². The lowest BCUT2D eigenvalue weighted by molar-refractivity contribution is 0.339. The Hall–Kier alpha value is -5.76. The molecule has 3 aliphatic carbocycles. The van der Waals surface area contributed by atoms with Crippen LogP contribution in [-0.2, 0) is 5.41 Å². The van der Waals surface area contributed by atoms with Crippen molar-refractivity contribution in [1.82, 2.24) is 0 Å². The van der Waals surface area contributed by atoms with E-state index in [1.165, 1.54) is 32.0 Å². The highest BCUT2D eigenvalue weighted by Crippen LogP contribution is 2.71. The molecule has 0 atom stereocenters. The van der Waals surface area contributed by atoms with Crippen LogP contribution in [0.5, 0.6) is 0 Å². The highest BCUT2D eigenvalue weighted by Gasteiger charge is 2.53. The Morgan fingerprint density at radius 3 is 1.27 bits per heavy atom. The van der Waals surface area contributed by atoms with Crippen molar-refractivity contribution in [3.63, 3.8) is 0 Å². The molecular weight excluding hydrogens is 661 g/mol. The van der Waals surface area contributed by atoms with E-state index in [-0.39, 0.29) is 16.8 Å². The molecular formula is C45H30N4S2. The predicted molar refractivity (Wildman–Crippen MR) is 210 cm³/mol. The van der Waals surface area contributed by atoms with Gasteiger partial charge in [0.05, 0.1) is 25.3 Å². The van der Waals surface area contributed by atoms with Gasteiger partial charge in [-0.1, -0.05) is 76.2 Å². The van der Waals surface area contributed by atoms with E-state index < -0.39 is 0 Å². The zero-order chi connectivity index (χ0) is 35.3. The molecule has 4 nitrogen and oxygen atoms in total. The summed E-state index contributed by atoms with van der Waals surface area (Å²) in [7, 11) is 0. The minimum absolute atomic E-state index is 0.124. The summed E-state index contributed by atoms with van der Waals surface area (Å²) in [6.07, 6.45) is 1.84. The van der Waals surface area contributed by atoms with Crippen LogP contribution in [0.3, 0.4) is 0 Å². The number of nitrogens with zero attached hydrogens (tertiary/aromatic N) is 4. The van der Waals surface area contributed by atoms with E-state index in [2.05, 4.69) is 110 Å². The molecule has 0 aliphatic heterocycles. The molecule has 2 aromatic heterocycles. The third-order valence-electron chi connectivity index (χ3n) is 10.7. The lowest BCUT2D eigenvalue weighted by Crippen LogP contribution is -2.30. The molecule has 0 spiro atoms. The first kappa shape index (κ1) is 31.2. The molecule has 0 saturated carbocycles. The van der Waals surface area contributed by atoms with Gasteiger partial charge in [0.25, 0.3) is 11.4 Å². The summed E-state index contributed by atoms with van der Waals surface area (Å²) in [4.78, 5) is 12.0. The first-order valence-electron chi connectivity index (χ1n) is 17.2. The zero-order valence-corrected chi connectivity index (χ0v) is 30.2. The lowest BCUT2D eigenvalue weighted by Gasteiger charge is -2.36. The maximum Gasteiger partial charge on any atom is 0.271 e. The predicted octanol–water partition coefficient (Wildman–Crippen LogP) is 12.8. The molecule has 4 aromatic carbocycles. The van der Waals surface area contributed by atoms with E-state index in [4.69, 9.17) is 13.1 Å². The molecule has 0 saturated heterocycles. The number of fused-ring (bicyclic) bond motifs is 13. The van der Waals surface area contributed by atoms with E-state index in [9.17, 15) is 10.5 Å². The molecule has 6 heteroatoms. The van der Waals surface area contributed by atoms with Gasteiger partial charge in [0.2, 0.25) is 0 Å². The summed E-state index contributed by atoms with van der Waals surface area (Å²) in [5.41, 5.74) is 10.5. The maximum atomic E-state index is 10.3. The molecule has 6 aromatic rings. The van der Waals surface area contributed by atoms with Crippen LogP contribution in [0, 0.1) is 47.6 Å². The second kappa shape index (κ2) is 11.1. The minimum Gasteiger partial charge on any atom is -0.226 e. The zero-order valence-electron chi connectivity index (χ0n) is 28.6. The van der Waals surface area contributed by atoms with Crippen LogP contribution in [0.15, 0.2) is 84.2 Å². The standard InChI is InChI=1S/C45H30N4S2/c1-23(2)19-45(20-24(3)4)39-37-31-17-27-13-9-7-11-25(27)15-29(31)35(33(21-46)48-5)41(37)50-43(39)44-40(45)38-32-18-28-14-10-8-12-26(28)16-30(32)36(42(38)51-44)34(22-47)49-6/h7-18,23-24H,19-20H2,1-4H3/b35-33-,36-34+. The average Bonchev–Trinajstić information content (AvgIpc) is 3.88. The summed E-state index contributed by atoms with van der Waals surface area (Å²) >= 11 is 3.44. The molecule has 3 aliphatic rings. The summed E-state index contributed by atoms with van der Waals surface area (Å²) in [6, 6.07) is 30.0. The number of hydrogen-bond acceptors (Lipinski definition) is 4. The molecule has 0 unspecified atom stereocenters. The molecule has 0 fully saturated rings. The Morgan fingerprint density at radius 1 is 0.608 bits per heavy atom. The van der Waals surface area contributed by atoms with Crippen LogP contribution in [0.25, 0.3) is 74.4 Å². The molecule has 9 rings (SSSR count). The van der Waals surface area contributed by atoms with Crippen molar-refractivity contribution in [3.8, 4) is 44.1 Å². The Bertz CT molecular complexity index is 2580. The first-order chi connectivity index (χ1) is 24.7. The van der Waals surface area contributed by atoms with Crippen molar-refractivity contribution in [1.29, 1.82) is 10.5 Å². The van der Waals surface area contributed by atoms with Gasteiger partial charge in [0.15, 0.2) is 0 Å². The second-order valence-electron chi connectivity index (χ2n) is 14.7. The van der Waals surface area contributed by atoms with Crippen LogP contribution in [0.4, 0.5) is 0 Å². The van der Waals surface area contributed by atoms with Gasteiger partial charge in [-0.25, -0.2) is 20.2 Å². The van der Waals surface area contributed by atoms with Crippen LogP contribution in [-0.4, -0.2) is 0 Å². The second-order valence-corrected chi connectivity index (χ2v) is 16.7. The topological polar surface area (TPSA) is 56.3 Å². The summed E-state index contributed by atoms with van der Waals surface area (Å²) < 4.78 is 0. The van der Waals surface area contributed by atoms with Gasteiger partial charge in [-0.15, -0.1) is 22.7 Å². The molecule has 242 valence electrons. The largest absolute Gasteiger partial charge is 0.271 e. The number of nitriles is 2. The van der Waals surface area contributed by atoms with Gasteiger partial charge in [0.1, 0.15) is 0 Å². The van der Waals surface area contributed by atoms with Crippen molar-refractivity contribution in [2.45, 2.75) is 46.0 Å². The average molecular weight is 691 g/mol. The number of allylic oxidation sites excluding steroid dienone is 2. The van der Waals surface area contributed by atoms with Gasteiger partial charge in [-0.3, -0.25) is 0 Å². The van der Waals surface area contributed by atoms with E-state index in [0.717, 1.165) is 77.5 Å². The fourth-order valence-corrected chi connectivity index (χ4v) is 12.4. The van der Waals surface area contributed by atoms with Crippen LogP contribution in [0.1, 0.15) is 72.5 Å². The van der Waals surface area contributed by atoms with Gasteiger partial charge in [-0.2, -0.15) is 0 Å². The van der Waals surface area contributed by atoms with Gasteiger partial charge >= 0.3 is 0 Å². The van der Waals surface area contributed by atoms with Crippen LogP contribution in [0.2, 0.25) is 0 Å². The SMILES string of the molecule is [C-]#[N+]/C(C#N)=C1/c2cc3ccccc3cc2-c2c1sc1c2C(CC(C)C)(CC(C)C)c2c-1sc1c2-c2cc3ccccc3cc2/C1=C(/C#N)[N+]#[C-]. The Morgan fingerprint density at radius 2 is 0.961 bits per heavy atom. The Balaban J connectivity index is 1.45. The van der Waals surface area contributed by atoms with E-state index in [1.54, 1.807) is 22.7 Å². The molecule has 0 radical (unpaired) electrons. The van der Waals surface area contributed by atoms with Crippen LogP contribution < -0.4 is 0 Å². The number of hydrogen-bond donors (Lipinski definition) is 0. The van der Waals surface area contributed by atoms with Crippen molar-refractivity contribution in [3.05, 3.63) is 139 Å². The van der Waals surface area contributed by atoms with Crippen molar-refractivity contribution in [2.24, 2.45) is 11.8 Å². The molecule has 0 N–H and O–H groups in total. The molecule has 0 amide bonds. The Kier molecular flexibility index (Phi) is 6.81. The fourth-order valence-electron chi connectivity index (χ4n) is 9.27. The molecule has 51 heavy (non-hydrogen) atoms. The number of rotatable bonds is 4. The Labute approximate surface area is 305 Å². The summed E-state index contributed by atoms with van der Waals surface area (Å²) in [5.74, 6) is 0.730. The maximum absolute atomic E-state index is 10.3. The number of thiophene rings is 2. The van der Waals surface area contributed by atoms with Gasteiger partial charge < -0.3 is 0 Å². The van der Waals surface area contributed by atoms with E-state index >= 15 is 0 Å². The first-order valence-corrected chi connectivity index (χ1v) is 18.8. The van der Waals surface area contributed by atoms with Crippen LogP contribution >= 0.6 is 22.7 Å². The fraction of sp³-hybridized carbons (Fsp3) is 0.200. The van der Waals surface area contributed by atoms with Crippen molar-refractivity contribution < 1.29 is 0 Å². The quantitative estimate of drug-likeness (QED) is 0.136. The van der Waals surface area contributed by atoms with Crippen molar-refractivity contribution in [2.75, 3.05) is 0 Å². The van der Waals surface area contributed by atoms with Gasteiger partial charge in [0, 0.05) is 47.2 Å². The summed E-state index contributed by atoms with van der Waals surface area (Å²) in [6.45, 7) is 25.3. The molecule has 2 heterocycles. The highest BCUT2D eigenvalue weighted by molar-refractivity contribution is 7.24.